The Bertz CT molecular complexity index is 861. The van der Waals surface area contributed by atoms with Gasteiger partial charge in [-0.05, 0) is 49.2 Å². The molecule has 1 atom stereocenters. The first-order valence-electron chi connectivity index (χ1n) is 8.81. The molecule has 1 N–H and O–H groups in total. The summed E-state index contributed by atoms with van der Waals surface area (Å²) in [5, 5.41) is 8.92. The Balaban J connectivity index is 1.69. The van der Waals surface area contributed by atoms with Crippen LogP contribution in [0.2, 0.25) is 0 Å². The van der Waals surface area contributed by atoms with Crippen LogP contribution in [0, 0.1) is 0 Å². The zero-order valence-electron chi connectivity index (χ0n) is 15.4. The summed E-state index contributed by atoms with van der Waals surface area (Å²) in [6.45, 7) is 3.86. The lowest BCUT2D eigenvalue weighted by molar-refractivity contribution is -0.185. The van der Waals surface area contributed by atoms with Crippen LogP contribution in [0.4, 0.5) is 0 Å². The van der Waals surface area contributed by atoms with Crippen molar-refractivity contribution >= 4 is 11.6 Å². The van der Waals surface area contributed by atoms with Gasteiger partial charge in [0.15, 0.2) is 0 Å². The molecule has 0 spiro atoms. The van der Waals surface area contributed by atoms with E-state index in [0.717, 1.165) is 16.9 Å². The lowest BCUT2D eigenvalue weighted by Crippen LogP contribution is -2.45. The highest BCUT2D eigenvalue weighted by Crippen LogP contribution is 2.39. The van der Waals surface area contributed by atoms with Crippen molar-refractivity contribution in [2.75, 3.05) is 0 Å². The fourth-order valence-corrected chi connectivity index (χ4v) is 2.88. The predicted octanol–water partition coefficient (Wildman–Crippen LogP) is 5.86. The number of rotatable bonds is 7. The molecular formula is C23H23ClO3. The summed E-state index contributed by atoms with van der Waals surface area (Å²) in [4.78, 5) is 0. The highest BCUT2D eigenvalue weighted by atomic mass is 35.5. The van der Waals surface area contributed by atoms with Crippen molar-refractivity contribution in [3.8, 4) is 11.5 Å². The topological polar surface area (TPSA) is 38.7 Å². The molecule has 3 nitrogen and oxygen atoms in total. The fraction of sp³-hybridized carbons (Fsp3) is 0.217. The van der Waals surface area contributed by atoms with E-state index in [4.69, 9.17) is 21.1 Å². The Morgan fingerprint density at radius 3 is 2.07 bits per heavy atom. The quantitative estimate of drug-likeness (QED) is 0.411. The Hall–Kier alpha value is -2.33. The van der Waals surface area contributed by atoms with Crippen LogP contribution in [0.15, 0.2) is 84.9 Å². The Labute approximate surface area is 165 Å². The summed E-state index contributed by atoms with van der Waals surface area (Å²) in [7, 11) is 0. The van der Waals surface area contributed by atoms with Gasteiger partial charge in [-0.1, -0.05) is 72.3 Å². The number of halogens is 1. The van der Waals surface area contributed by atoms with Crippen LogP contribution in [0.1, 0.15) is 25.0 Å². The molecule has 0 saturated carbocycles. The zero-order valence-corrected chi connectivity index (χ0v) is 16.2. The molecule has 4 heteroatoms. The first-order valence-corrected chi connectivity index (χ1v) is 9.19. The largest absolute Gasteiger partial charge is 0.457 e. The third-order valence-electron chi connectivity index (χ3n) is 4.57. The standard InChI is InChI=1S/C23H23ClO3/c1-22(2,19-11-5-3-6-12-19)23(24,25)26-17-18-10-9-15-21(16-18)27-20-13-7-4-8-14-20/h3-16,25H,17H2,1-2H3. The van der Waals surface area contributed by atoms with Crippen molar-refractivity contribution in [3.63, 3.8) is 0 Å². The molecule has 0 fully saturated rings. The van der Waals surface area contributed by atoms with Gasteiger partial charge >= 0.3 is 0 Å². The third-order valence-corrected chi connectivity index (χ3v) is 5.16. The van der Waals surface area contributed by atoms with E-state index in [9.17, 15) is 5.11 Å². The number of alkyl halides is 1. The van der Waals surface area contributed by atoms with Gasteiger partial charge in [0.2, 0.25) is 0 Å². The summed E-state index contributed by atoms with van der Waals surface area (Å²) in [6, 6.07) is 26.7. The van der Waals surface area contributed by atoms with Crippen molar-refractivity contribution in [3.05, 3.63) is 96.1 Å². The Morgan fingerprint density at radius 2 is 1.41 bits per heavy atom. The van der Waals surface area contributed by atoms with Gasteiger partial charge in [0.25, 0.3) is 5.25 Å². The molecule has 0 radical (unpaired) electrons. The molecule has 0 bridgehead atoms. The van der Waals surface area contributed by atoms with Gasteiger partial charge in [-0.25, -0.2) is 0 Å². The molecule has 140 valence electrons. The Kier molecular flexibility index (Phi) is 5.85. The molecule has 0 aromatic heterocycles. The summed E-state index contributed by atoms with van der Waals surface area (Å²) in [6.07, 6.45) is 0. The number of ether oxygens (including phenoxy) is 2. The highest BCUT2D eigenvalue weighted by Gasteiger charge is 2.44. The smallest absolute Gasteiger partial charge is 0.255 e. The number of para-hydroxylation sites is 1. The first-order chi connectivity index (χ1) is 12.9. The second-order valence-electron chi connectivity index (χ2n) is 6.90. The number of hydrogen-bond donors (Lipinski definition) is 1. The van der Waals surface area contributed by atoms with Crippen LogP contribution in [-0.2, 0) is 16.8 Å². The summed E-state index contributed by atoms with van der Waals surface area (Å²) < 4.78 is 11.5. The molecule has 27 heavy (non-hydrogen) atoms. The van der Waals surface area contributed by atoms with Crippen molar-refractivity contribution in [2.45, 2.75) is 31.1 Å². The van der Waals surface area contributed by atoms with Gasteiger partial charge in [0, 0.05) is 0 Å². The lowest BCUT2D eigenvalue weighted by Gasteiger charge is -2.37. The molecule has 0 heterocycles. The summed E-state index contributed by atoms with van der Waals surface area (Å²) in [5.41, 5.74) is 0.948. The van der Waals surface area contributed by atoms with Crippen LogP contribution in [0.3, 0.4) is 0 Å². The van der Waals surface area contributed by atoms with Gasteiger partial charge in [-0.3, -0.25) is 0 Å². The predicted molar refractivity (Wildman–Crippen MR) is 108 cm³/mol. The molecule has 3 aromatic rings. The van der Waals surface area contributed by atoms with E-state index >= 15 is 0 Å². The van der Waals surface area contributed by atoms with Crippen molar-refractivity contribution in [2.24, 2.45) is 0 Å². The van der Waals surface area contributed by atoms with Crippen LogP contribution >= 0.6 is 11.6 Å². The first kappa shape index (κ1) is 19.4. The zero-order chi connectivity index (χ0) is 19.3. The monoisotopic (exact) mass is 382 g/mol. The van der Waals surface area contributed by atoms with E-state index in [2.05, 4.69) is 0 Å². The molecule has 1 unspecified atom stereocenters. The lowest BCUT2D eigenvalue weighted by atomic mass is 9.83. The van der Waals surface area contributed by atoms with E-state index < -0.39 is 10.7 Å². The van der Waals surface area contributed by atoms with Crippen molar-refractivity contribution in [1.82, 2.24) is 0 Å². The minimum Gasteiger partial charge on any atom is -0.457 e. The second kappa shape index (κ2) is 8.13. The number of aliphatic hydroxyl groups is 1. The SMILES string of the molecule is CC(C)(c1ccccc1)C(O)(Cl)OCc1cccc(Oc2ccccc2)c1. The van der Waals surface area contributed by atoms with E-state index in [1.807, 2.05) is 98.8 Å². The molecule has 0 aliphatic carbocycles. The average Bonchev–Trinajstić information content (AvgIpc) is 2.68. The van der Waals surface area contributed by atoms with E-state index in [-0.39, 0.29) is 6.61 Å². The minimum atomic E-state index is -1.86. The Morgan fingerprint density at radius 1 is 0.815 bits per heavy atom. The average molecular weight is 383 g/mol. The summed E-state index contributed by atoms with van der Waals surface area (Å²) in [5.74, 6) is 1.46. The maximum atomic E-state index is 10.8. The number of hydrogen-bond acceptors (Lipinski definition) is 3. The van der Waals surface area contributed by atoms with Crippen LogP contribution in [0.25, 0.3) is 0 Å². The van der Waals surface area contributed by atoms with Gasteiger partial charge in [0.1, 0.15) is 11.5 Å². The molecular weight excluding hydrogens is 360 g/mol. The van der Waals surface area contributed by atoms with Gasteiger partial charge in [-0.15, -0.1) is 0 Å². The van der Waals surface area contributed by atoms with Crippen molar-refractivity contribution < 1.29 is 14.6 Å². The maximum Gasteiger partial charge on any atom is 0.255 e. The summed E-state index contributed by atoms with van der Waals surface area (Å²) >= 11 is 6.38. The third kappa shape index (κ3) is 4.69. The molecule has 0 aliphatic heterocycles. The van der Waals surface area contributed by atoms with Gasteiger partial charge in [-0.2, -0.15) is 0 Å². The normalized spacial score (nSPS) is 13.8. The van der Waals surface area contributed by atoms with Crippen LogP contribution in [0.5, 0.6) is 11.5 Å². The van der Waals surface area contributed by atoms with E-state index in [1.54, 1.807) is 0 Å². The van der Waals surface area contributed by atoms with E-state index in [0.29, 0.717) is 5.75 Å². The molecule has 0 aliphatic rings. The van der Waals surface area contributed by atoms with Crippen LogP contribution < -0.4 is 4.74 Å². The molecule has 3 aromatic carbocycles. The number of benzene rings is 3. The second-order valence-corrected chi connectivity index (χ2v) is 7.42. The van der Waals surface area contributed by atoms with E-state index in [1.165, 1.54) is 0 Å². The van der Waals surface area contributed by atoms with Crippen LogP contribution in [-0.4, -0.2) is 10.4 Å². The molecule has 0 amide bonds. The fourth-order valence-electron chi connectivity index (χ4n) is 2.72. The highest BCUT2D eigenvalue weighted by molar-refractivity contribution is 6.22. The molecule has 0 saturated heterocycles. The molecule has 3 rings (SSSR count). The minimum absolute atomic E-state index is 0.155. The van der Waals surface area contributed by atoms with Gasteiger partial charge < -0.3 is 14.6 Å². The van der Waals surface area contributed by atoms with Crippen molar-refractivity contribution in [1.29, 1.82) is 0 Å². The van der Waals surface area contributed by atoms with Gasteiger partial charge in [0.05, 0.1) is 12.0 Å². The maximum absolute atomic E-state index is 10.8.